The van der Waals surface area contributed by atoms with E-state index in [1.165, 1.54) is 0 Å². The van der Waals surface area contributed by atoms with Gasteiger partial charge in [0.05, 0.1) is 37.6 Å². The van der Waals surface area contributed by atoms with Crippen LogP contribution in [-0.4, -0.2) is 75.7 Å². The Hall–Kier alpha value is -3.26. The Morgan fingerprint density at radius 2 is 1.20 bits per heavy atom. The zero-order chi connectivity index (χ0) is 28.5. The molecule has 0 aromatic heterocycles. The number of carbonyl (C=O) groups is 2. The molecule has 0 aliphatic carbocycles. The van der Waals surface area contributed by atoms with Gasteiger partial charge in [0.15, 0.2) is 0 Å². The minimum Gasteiger partial charge on any atom is -0.459 e. The van der Waals surface area contributed by atoms with Crippen molar-refractivity contribution in [1.29, 1.82) is 0 Å². The fourth-order valence-corrected chi connectivity index (χ4v) is 5.35. The van der Waals surface area contributed by atoms with Crippen molar-refractivity contribution in [3.05, 3.63) is 58.7 Å². The molecule has 4 atom stereocenters. The molecule has 0 saturated carbocycles. The van der Waals surface area contributed by atoms with Crippen LogP contribution in [0.1, 0.15) is 57.5 Å². The lowest BCUT2D eigenvalue weighted by atomic mass is 9.99. The number of rotatable bonds is 8. The van der Waals surface area contributed by atoms with Gasteiger partial charge in [0.25, 0.3) is 11.9 Å². The predicted molar refractivity (Wildman–Crippen MR) is 143 cm³/mol. The minimum atomic E-state index is -1.01. The van der Waals surface area contributed by atoms with Gasteiger partial charge in [0, 0.05) is 24.2 Å². The van der Waals surface area contributed by atoms with Crippen molar-refractivity contribution < 1.29 is 47.5 Å². The lowest BCUT2D eigenvalue weighted by molar-refractivity contribution is -0.315. The lowest BCUT2D eigenvalue weighted by Crippen LogP contribution is -2.30. The zero-order valence-electron chi connectivity index (χ0n) is 22.6. The lowest BCUT2D eigenvalue weighted by Gasteiger charge is -2.20. The normalized spacial score (nSPS) is 29.0. The largest absolute Gasteiger partial charge is 0.459 e. The Morgan fingerprint density at radius 1 is 0.732 bits per heavy atom. The van der Waals surface area contributed by atoms with E-state index in [-0.39, 0.29) is 37.6 Å². The minimum absolute atomic E-state index is 0.0169. The zero-order valence-corrected chi connectivity index (χ0v) is 22.6. The standard InChI is InChI=1S/C29H34N2O10/c30-24-5-3-18(12-22(24)26(32)34-14-20-16-38-28(40-20)7-1-9-36-28)11-19-4-6-25(31)23(13-19)27(33)35-15-21-17-39-29(41-21)8-2-10-37-29/h3-6,12-13,20-21H,1-2,7-11,14-17,30-31H2. The van der Waals surface area contributed by atoms with Gasteiger partial charge in [-0.2, -0.15) is 0 Å². The van der Waals surface area contributed by atoms with E-state index < -0.39 is 36.1 Å². The van der Waals surface area contributed by atoms with Gasteiger partial charge in [-0.15, -0.1) is 0 Å². The Kier molecular flexibility index (Phi) is 7.86. The Labute approximate surface area is 237 Å². The maximum atomic E-state index is 12.9. The number of carbonyl (C=O) groups excluding carboxylic acids is 2. The first-order valence-corrected chi connectivity index (χ1v) is 13.8. The highest BCUT2D eigenvalue weighted by atomic mass is 16.9. The van der Waals surface area contributed by atoms with Crippen molar-refractivity contribution in [2.75, 3.05) is 51.1 Å². The molecule has 2 aromatic rings. The molecule has 6 rings (SSSR count). The molecule has 12 nitrogen and oxygen atoms in total. The summed E-state index contributed by atoms with van der Waals surface area (Å²) in [6.45, 7) is 1.75. The van der Waals surface area contributed by atoms with Crippen LogP contribution in [0.5, 0.6) is 0 Å². The molecule has 2 spiro atoms. The summed E-state index contributed by atoms with van der Waals surface area (Å²) in [6.07, 6.45) is 2.59. The highest BCUT2D eigenvalue weighted by Crippen LogP contribution is 2.35. The van der Waals surface area contributed by atoms with Gasteiger partial charge in [0.2, 0.25) is 0 Å². The van der Waals surface area contributed by atoms with Crippen molar-refractivity contribution in [3.8, 4) is 0 Å². The van der Waals surface area contributed by atoms with Gasteiger partial charge in [-0.05, 0) is 54.7 Å². The smallest absolute Gasteiger partial charge is 0.340 e. The van der Waals surface area contributed by atoms with Gasteiger partial charge in [-0.1, -0.05) is 12.1 Å². The number of ether oxygens (including phenoxy) is 8. The molecule has 4 aliphatic rings. The van der Waals surface area contributed by atoms with Gasteiger partial charge in [-0.25, -0.2) is 9.59 Å². The van der Waals surface area contributed by atoms with Crippen molar-refractivity contribution in [3.63, 3.8) is 0 Å². The summed E-state index contributed by atoms with van der Waals surface area (Å²) < 4.78 is 45.0. The monoisotopic (exact) mass is 570 g/mol. The van der Waals surface area contributed by atoms with Crippen LogP contribution in [-0.2, 0) is 44.3 Å². The molecule has 4 heterocycles. The second-order valence-electron chi connectivity index (χ2n) is 10.6. The average Bonchev–Trinajstić information content (AvgIpc) is 3.79. The fraction of sp³-hybridized carbons (Fsp3) is 0.517. The van der Waals surface area contributed by atoms with Crippen LogP contribution in [0.3, 0.4) is 0 Å². The highest BCUT2D eigenvalue weighted by Gasteiger charge is 2.47. The SMILES string of the molecule is Nc1ccc(Cc2ccc(N)c(C(=O)OCC3COC4(CCCO4)O3)c2)cc1C(=O)OCC1COC2(CCCO2)O1. The number of hydrogen-bond acceptors (Lipinski definition) is 12. The second-order valence-corrected chi connectivity index (χ2v) is 10.6. The number of hydrogen-bond donors (Lipinski definition) is 2. The van der Waals surface area contributed by atoms with E-state index in [2.05, 4.69) is 0 Å². The third-order valence-corrected chi connectivity index (χ3v) is 7.45. The van der Waals surface area contributed by atoms with Crippen LogP contribution >= 0.6 is 0 Å². The maximum Gasteiger partial charge on any atom is 0.340 e. The summed E-state index contributed by atoms with van der Waals surface area (Å²) >= 11 is 0. The van der Waals surface area contributed by atoms with Crippen LogP contribution in [0.15, 0.2) is 36.4 Å². The first kappa shape index (κ1) is 27.9. The first-order valence-electron chi connectivity index (χ1n) is 13.8. The van der Waals surface area contributed by atoms with Gasteiger partial charge in [0.1, 0.15) is 25.4 Å². The van der Waals surface area contributed by atoms with E-state index in [1.807, 2.05) is 12.1 Å². The Morgan fingerprint density at radius 3 is 1.61 bits per heavy atom. The molecule has 4 unspecified atom stereocenters. The van der Waals surface area contributed by atoms with Crippen LogP contribution in [0, 0.1) is 0 Å². The van der Waals surface area contributed by atoms with Crippen molar-refractivity contribution in [2.24, 2.45) is 0 Å². The molecule has 2 aromatic carbocycles. The number of anilines is 2. The van der Waals surface area contributed by atoms with Crippen molar-refractivity contribution >= 4 is 23.3 Å². The van der Waals surface area contributed by atoms with Crippen molar-refractivity contribution in [2.45, 2.75) is 56.3 Å². The topological polar surface area (TPSA) is 160 Å². The molecule has 0 amide bonds. The maximum absolute atomic E-state index is 12.9. The van der Waals surface area contributed by atoms with E-state index in [4.69, 9.17) is 49.4 Å². The number of benzene rings is 2. The average molecular weight is 571 g/mol. The number of nitrogens with two attached hydrogens (primary N) is 2. The summed E-state index contributed by atoms with van der Waals surface area (Å²) in [6, 6.07) is 10.3. The first-order chi connectivity index (χ1) is 19.8. The van der Waals surface area contributed by atoms with E-state index >= 15 is 0 Å². The van der Waals surface area contributed by atoms with Gasteiger partial charge < -0.3 is 49.4 Å². The van der Waals surface area contributed by atoms with Crippen LogP contribution in [0.25, 0.3) is 0 Å². The summed E-state index contributed by atoms with van der Waals surface area (Å²) in [7, 11) is 0. The quantitative estimate of drug-likeness (QED) is 0.353. The van der Waals surface area contributed by atoms with E-state index in [0.29, 0.717) is 43.9 Å². The summed E-state index contributed by atoms with van der Waals surface area (Å²) in [5.41, 5.74) is 14.8. The van der Waals surface area contributed by atoms with Crippen LogP contribution in [0.2, 0.25) is 0 Å². The molecule has 0 bridgehead atoms. The summed E-state index contributed by atoms with van der Waals surface area (Å²) in [4.78, 5) is 25.7. The molecule has 12 heteroatoms. The molecule has 4 fully saturated rings. The van der Waals surface area contributed by atoms with E-state index in [1.54, 1.807) is 24.3 Å². The van der Waals surface area contributed by atoms with Gasteiger partial charge in [-0.3, -0.25) is 0 Å². The van der Waals surface area contributed by atoms with Crippen LogP contribution < -0.4 is 11.5 Å². The van der Waals surface area contributed by atoms with Crippen LogP contribution in [0.4, 0.5) is 11.4 Å². The molecular weight excluding hydrogens is 536 g/mol. The molecule has 0 radical (unpaired) electrons. The second kappa shape index (κ2) is 11.6. The van der Waals surface area contributed by atoms with E-state index in [9.17, 15) is 9.59 Å². The molecule has 220 valence electrons. The van der Waals surface area contributed by atoms with E-state index in [0.717, 1.165) is 24.0 Å². The third-order valence-electron chi connectivity index (χ3n) is 7.45. The molecule has 41 heavy (non-hydrogen) atoms. The van der Waals surface area contributed by atoms with Crippen molar-refractivity contribution in [1.82, 2.24) is 0 Å². The predicted octanol–water partition coefficient (Wildman–Crippen LogP) is 2.51. The highest BCUT2D eigenvalue weighted by molar-refractivity contribution is 5.96. The third kappa shape index (κ3) is 6.17. The number of esters is 2. The molecule has 4 saturated heterocycles. The fourth-order valence-electron chi connectivity index (χ4n) is 5.35. The molecule has 4 N–H and O–H groups in total. The molecule has 4 aliphatic heterocycles. The Balaban J connectivity index is 1.05. The summed E-state index contributed by atoms with van der Waals surface area (Å²) in [5, 5.41) is 0. The molecular formula is C29H34N2O10. The van der Waals surface area contributed by atoms with Gasteiger partial charge >= 0.3 is 11.9 Å². The Bertz CT molecular complexity index is 1190. The summed E-state index contributed by atoms with van der Waals surface area (Å²) in [5.74, 6) is -3.14. The number of nitrogen functional groups attached to an aromatic ring is 2.